The van der Waals surface area contributed by atoms with Crippen molar-refractivity contribution in [2.24, 2.45) is 0 Å². The Balaban J connectivity index is 2.06. The minimum absolute atomic E-state index is 0.128. The Bertz CT molecular complexity index is 292. The van der Waals surface area contributed by atoms with Gasteiger partial charge in [0.2, 0.25) is 0 Å². The van der Waals surface area contributed by atoms with E-state index in [-0.39, 0.29) is 6.61 Å². The van der Waals surface area contributed by atoms with E-state index in [0.717, 1.165) is 0 Å². The zero-order chi connectivity index (χ0) is 9.31. The number of nitrogen functional groups attached to an aromatic ring is 1. The summed E-state index contributed by atoms with van der Waals surface area (Å²) in [4.78, 5) is 0. The number of aliphatic hydroxyl groups excluding tert-OH is 1. The Morgan fingerprint density at radius 3 is 2.54 bits per heavy atom. The van der Waals surface area contributed by atoms with Crippen molar-refractivity contribution in [1.82, 2.24) is 0 Å². The Hall–Kier alpha value is -1.26. The van der Waals surface area contributed by atoms with Crippen LogP contribution in [0, 0.1) is 0 Å². The van der Waals surface area contributed by atoms with E-state index >= 15 is 0 Å². The van der Waals surface area contributed by atoms with E-state index in [0.29, 0.717) is 18.0 Å². The largest absolute Gasteiger partial charge is 0.457 e. The first kappa shape index (κ1) is 8.34. The fraction of sp³-hybridized carbons (Fsp3) is 0.333. The molecule has 0 spiro atoms. The highest BCUT2D eigenvalue weighted by Crippen LogP contribution is 2.30. The molecule has 4 heteroatoms. The smallest absolute Gasteiger partial charge is 0.257 e. The lowest BCUT2D eigenvalue weighted by atomic mass is 10.3. The van der Waals surface area contributed by atoms with Crippen molar-refractivity contribution in [1.29, 1.82) is 0 Å². The molecule has 0 saturated carbocycles. The van der Waals surface area contributed by atoms with Gasteiger partial charge in [0.15, 0.2) is 0 Å². The number of hydrogen-bond donors (Lipinski definition) is 2. The number of anilines is 1. The molecule has 1 fully saturated rings. The molecule has 1 atom stereocenters. The number of ether oxygens (including phenoxy) is 2. The van der Waals surface area contributed by atoms with E-state index in [1.54, 1.807) is 24.3 Å². The van der Waals surface area contributed by atoms with Crippen molar-refractivity contribution >= 4 is 5.69 Å². The van der Waals surface area contributed by atoms with Crippen molar-refractivity contribution < 1.29 is 14.6 Å². The Kier molecular flexibility index (Phi) is 1.86. The predicted molar refractivity (Wildman–Crippen MR) is 47.3 cm³/mol. The van der Waals surface area contributed by atoms with Crippen LogP contribution in [0.1, 0.15) is 0 Å². The highest BCUT2D eigenvalue weighted by atomic mass is 16.8. The normalized spacial score (nSPS) is 25.6. The van der Waals surface area contributed by atoms with Crippen LogP contribution in [0.2, 0.25) is 0 Å². The maximum Gasteiger partial charge on any atom is 0.257 e. The summed E-state index contributed by atoms with van der Waals surface area (Å²) >= 11 is 0. The molecule has 1 aromatic carbocycles. The average Bonchev–Trinajstić information content (AvgIpc) is 2.90. The van der Waals surface area contributed by atoms with Gasteiger partial charge in [-0.3, -0.25) is 0 Å². The fourth-order valence-electron chi connectivity index (χ4n) is 1.01. The summed E-state index contributed by atoms with van der Waals surface area (Å²) < 4.78 is 10.4. The molecule has 0 unspecified atom stereocenters. The van der Waals surface area contributed by atoms with E-state index in [4.69, 9.17) is 20.3 Å². The molecule has 1 aliphatic rings. The van der Waals surface area contributed by atoms with Gasteiger partial charge in [0.05, 0.1) is 0 Å². The number of rotatable bonds is 3. The zero-order valence-electron chi connectivity index (χ0n) is 7.06. The van der Waals surface area contributed by atoms with Crippen molar-refractivity contribution in [3.05, 3.63) is 24.3 Å². The minimum atomic E-state index is -0.796. The minimum Gasteiger partial charge on any atom is -0.457 e. The summed E-state index contributed by atoms with van der Waals surface area (Å²) in [6.45, 7) is 0.311. The molecule has 13 heavy (non-hydrogen) atoms. The third kappa shape index (κ3) is 1.74. The lowest BCUT2D eigenvalue weighted by Crippen LogP contribution is -2.24. The molecule has 1 aromatic rings. The zero-order valence-corrected chi connectivity index (χ0v) is 7.06. The summed E-state index contributed by atoms with van der Waals surface area (Å²) in [5.74, 6) is -0.142. The third-order valence-corrected chi connectivity index (χ3v) is 1.89. The molecule has 2 rings (SSSR count). The molecule has 0 radical (unpaired) electrons. The van der Waals surface area contributed by atoms with Crippen molar-refractivity contribution in [3.8, 4) is 5.75 Å². The highest BCUT2D eigenvalue weighted by Gasteiger charge is 2.47. The van der Waals surface area contributed by atoms with Crippen LogP contribution in [0.3, 0.4) is 0 Å². The molecule has 0 aliphatic carbocycles. The molecular formula is C9H11NO3. The van der Waals surface area contributed by atoms with Crippen molar-refractivity contribution in [3.63, 3.8) is 0 Å². The standard InChI is InChI=1S/C9H11NO3/c10-7-1-3-8(4-2-7)13-9(5-11)6-12-9/h1-4,11H,5-6,10H2/t9-/m0/s1. The first-order valence-corrected chi connectivity index (χ1v) is 4.03. The van der Waals surface area contributed by atoms with Gasteiger partial charge in [-0.05, 0) is 24.3 Å². The van der Waals surface area contributed by atoms with E-state index in [1.807, 2.05) is 0 Å². The van der Waals surface area contributed by atoms with Gasteiger partial charge in [-0.1, -0.05) is 0 Å². The van der Waals surface area contributed by atoms with Crippen LogP contribution in [0.15, 0.2) is 24.3 Å². The molecule has 3 N–H and O–H groups in total. The molecule has 4 nitrogen and oxygen atoms in total. The fourth-order valence-corrected chi connectivity index (χ4v) is 1.01. The lowest BCUT2D eigenvalue weighted by molar-refractivity contribution is 0.00856. The third-order valence-electron chi connectivity index (χ3n) is 1.89. The summed E-state index contributed by atoms with van der Waals surface area (Å²) in [6, 6.07) is 6.97. The highest BCUT2D eigenvalue weighted by molar-refractivity contribution is 5.41. The van der Waals surface area contributed by atoms with Crippen molar-refractivity contribution in [2.45, 2.75) is 5.79 Å². The summed E-state index contributed by atoms with van der Waals surface area (Å²) in [5.41, 5.74) is 6.18. The Morgan fingerprint density at radius 2 is 2.08 bits per heavy atom. The van der Waals surface area contributed by atoms with Crippen LogP contribution in [0.4, 0.5) is 5.69 Å². The number of epoxide rings is 1. The second-order valence-electron chi connectivity index (χ2n) is 3.03. The van der Waals surface area contributed by atoms with Gasteiger partial charge in [0, 0.05) is 5.69 Å². The molecule has 0 bridgehead atoms. The van der Waals surface area contributed by atoms with E-state index < -0.39 is 5.79 Å². The molecule has 0 aromatic heterocycles. The van der Waals surface area contributed by atoms with Crippen LogP contribution >= 0.6 is 0 Å². The van der Waals surface area contributed by atoms with E-state index in [1.165, 1.54) is 0 Å². The number of aliphatic hydroxyl groups is 1. The van der Waals surface area contributed by atoms with Crippen LogP contribution in [-0.2, 0) is 4.74 Å². The average molecular weight is 181 g/mol. The van der Waals surface area contributed by atoms with Crippen LogP contribution < -0.4 is 10.5 Å². The molecular weight excluding hydrogens is 170 g/mol. The van der Waals surface area contributed by atoms with Crippen molar-refractivity contribution in [2.75, 3.05) is 18.9 Å². The Labute approximate surface area is 75.9 Å². The maximum atomic E-state index is 8.90. The van der Waals surface area contributed by atoms with Gasteiger partial charge in [0.25, 0.3) is 5.79 Å². The summed E-state index contributed by atoms with van der Waals surface area (Å²) in [6.07, 6.45) is 0. The first-order chi connectivity index (χ1) is 6.24. The van der Waals surface area contributed by atoms with Crippen LogP contribution in [0.25, 0.3) is 0 Å². The van der Waals surface area contributed by atoms with Gasteiger partial charge in [0.1, 0.15) is 19.0 Å². The van der Waals surface area contributed by atoms with Crippen LogP contribution in [0.5, 0.6) is 5.75 Å². The van der Waals surface area contributed by atoms with Gasteiger partial charge in [-0.2, -0.15) is 0 Å². The summed E-state index contributed by atoms with van der Waals surface area (Å²) in [5, 5.41) is 8.90. The van der Waals surface area contributed by atoms with Gasteiger partial charge < -0.3 is 20.3 Å². The maximum absolute atomic E-state index is 8.90. The summed E-state index contributed by atoms with van der Waals surface area (Å²) in [7, 11) is 0. The monoisotopic (exact) mass is 181 g/mol. The van der Waals surface area contributed by atoms with E-state index in [2.05, 4.69) is 0 Å². The molecule has 1 aliphatic heterocycles. The van der Waals surface area contributed by atoms with Crippen LogP contribution in [-0.4, -0.2) is 24.1 Å². The number of hydrogen-bond acceptors (Lipinski definition) is 4. The first-order valence-electron chi connectivity index (χ1n) is 4.03. The second-order valence-corrected chi connectivity index (χ2v) is 3.03. The SMILES string of the molecule is Nc1ccc(O[C@@]2(CO)CO2)cc1. The Morgan fingerprint density at radius 1 is 1.46 bits per heavy atom. The van der Waals surface area contributed by atoms with Gasteiger partial charge >= 0.3 is 0 Å². The molecule has 1 saturated heterocycles. The molecule has 0 amide bonds. The van der Waals surface area contributed by atoms with Gasteiger partial charge in [-0.15, -0.1) is 0 Å². The molecule has 1 heterocycles. The second kappa shape index (κ2) is 2.90. The van der Waals surface area contributed by atoms with E-state index in [9.17, 15) is 0 Å². The number of nitrogens with two attached hydrogens (primary N) is 1. The lowest BCUT2D eigenvalue weighted by Gasteiger charge is -2.11. The number of benzene rings is 1. The predicted octanol–water partition coefficient (Wildman–Crippen LogP) is 0.366. The van der Waals surface area contributed by atoms with Gasteiger partial charge in [-0.25, -0.2) is 0 Å². The molecule has 70 valence electrons. The quantitative estimate of drug-likeness (QED) is 0.522. The topological polar surface area (TPSA) is 68.0 Å².